The Bertz CT molecular complexity index is 967. The van der Waals surface area contributed by atoms with Gasteiger partial charge in [-0.05, 0) is 42.8 Å². The number of carbonyl (C=O) groups excluding carboxylic acids is 2. The Morgan fingerprint density at radius 1 is 1.10 bits per heavy atom. The number of benzene rings is 2. The number of ether oxygens (including phenoxy) is 2. The van der Waals surface area contributed by atoms with E-state index in [1.807, 2.05) is 0 Å². The SMILES string of the molecule is C=C(C)C(=O)CCOc1ccc(N=Nc2ccc([N+](=O)[O-])cc2)cc1C(=O)OC. The van der Waals surface area contributed by atoms with Crippen LogP contribution in [0.15, 0.2) is 64.8 Å². The van der Waals surface area contributed by atoms with Gasteiger partial charge in [0.1, 0.15) is 11.3 Å². The minimum absolute atomic E-state index is 0.0523. The highest BCUT2D eigenvalue weighted by molar-refractivity contribution is 5.94. The molecule has 2 rings (SSSR count). The normalized spacial score (nSPS) is 10.6. The molecular formula is C20H19N3O6. The molecule has 0 saturated carbocycles. The molecule has 0 N–H and O–H groups in total. The van der Waals surface area contributed by atoms with Crippen molar-refractivity contribution in [1.82, 2.24) is 0 Å². The van der Waals surface area contributed by atoms with E-state index < -0.39 is 10.9 Å². The van der Waals surface area contributed by atoms with Crippen LogP contribution < -0.4 is 4.74 Å². The predicted molar refractivity (Wildman–Crippen MR) is 105 cm³/mol. The molecule has 0 heterocycles. The number of hydrogen-bond donors (Lipinski definition) is 0. The zero-order valence-electron chi connectivity index (χ0n) is 16.0. The third kappa shape index (κ3) is 6.06. The summed E-state index contributed by atoms with van der Waals surface area (Å²) in [7, 11) is 1.24. The van der Waals surface area contributed by atoms with Gasteiger partial charge in [0, 0.05) is 18.6 Å². The summed E-state index contributed by atoms with van der Waals surface area (Å²) in [6.07, 6.45) is 0.136. The molecule has 0 fully saturated rings. The summed E-state index contributed by atoms with van der Waals surface area (Å²) >= 11 is 0. The van der Waals surface area contributed by atoms with Crippen LogP contribution in [0.2, 0.25) is 0 Å². The number of ketones is 1. The Labute approximate surface area is 166 Å². The third-order valence-electron chi connectivity index (χ3n) is 3.77. The maximum atomic E-state index is 12.0. The molecule has 2 aromatic carbocycles. The summed E-state index contributed by atoms with van der Waals surface area (Å²) in [5, 5.41) is 18.7. The lowest BCUT2D eigenvalue weighted by atomic mass is 10.1. The first-order valence-corrected chi connectivity index (χ1v) is 8.52. The Balaban J connectivity index is 2.17. The topological polar surface area (TPSA) is 120 Å². The third-order valence-corrected chi connectivity index (χ3v) is 3.77. The fourth-order valence-corrected chi connectivity index (χ4v) is 2.20. The number of Topliss-reactive ketones (excluding diaryl/α,β-unsaturated/α-hetero) is 1. The number of azo groups is 1. The van der Waals surface area contributed by atoms with E-state index in [1.54, 1.807) is 13.0 Å². The highest BCUT2D eigenvalue weighted by atomic mass is 16.6. The lowest BCUT2D eigenvalue weighted by molar-refractivity contribution is -0.384. The van der Waals surface area contributed by atoms with E-state index >= 15 is 0 Å². The van der Waals surface area contributed by atoms with E-state index in [1.165, 1.54) is 43.5 Å². The van der Waals surface area contributed by atoms with Gasteiger partial charge in [-0.3, -0.25) is 14.9 Å². The average molecular weight is 397 g/mol. The lowest BCUT2D eigenvalue weighted by Crippen LogP contribution is -2.10. The minimum atomic E-state index is -0.626. The maximum Gasteiger partial charge on any atom is 0.341 e. The molecule has 0 bridgehead atoms. The van der Waals surface area contributed by atoms with Crippen LogP contribution in [0.25, 0.3) is 0 Å². The van der Waals surface area contributed by atoms with Crippen molar-refractivity contribution in [3.8, 4) is 5.75 Å². The van der Waals surface area contributed by atoms with Gasteiger partial charge in [-0.2, -0.15) is 10.2 Å². The second-order valence-corrected chi connectivity index (χ2v) is 5.95. The Morgan fingerprint density at radius 3 is 2.31 bits per heavy atom. The number of nitrogens with zero attached hydrogens (tertiary/aromatic N) is 3. The second kappa shape index (κ2) is 9.88. The first-order chi connectivity index (χ1) is 13.8. The molecule has 9 nitrogen and oxygen atoms in total. The zero-order chi connectivity index (χ0) is 21.4. The van der Waals surface area contributed by atoms with Crippen LogP contribution in [0.5, 0.6) is 5.75 Å². The van der Waals surface area contributed by atoms with Crippen LogP contribution in [0.1, 0.15) is 23.7 Å². The smallest absolute Gasteiger partial charge is 0.341 e. The molecule has 2 aromatic rings. The van der Waals surface area contributed by atoms with Crippen LogP contribution in [-0.4, -0.2) is 30.4 Å². The van der Waals surface area contributed by atoms with Crippen LogP contribution in [0.3, 0.4) is 0 Å². The van der Waals surface area contributed by atoms with E-state index in [-0.39, 0.29) is 35.8 Å². The number of methoxy groups -OCH3 is 1. The van der Waals surface area contributed by atoms with E-state index in [2.05, 4.69) is 16.8 Å². The summed E-state index contributed by atoms with van der Waals surface area (Å²) in [4.78, 5) is 33.8. The first kappa shape index (κ1) is 21.4. The van der Waals surface area contributed by atoms with Crippen molar-refractivity contribution in [3.63, 3.8) is 0 Å². The van der Waals surface area contributed by atoms with Crippen LogP contribution >= 0.6 is 0 Å². The number of carbonyl (C=O) groups is 2. The summed E-state index contributed by atoms with van der Waals surface area (Å²) in [5.41, 5.74) is 1.28. The molecule has 0 aromatic heterocycles. The van der Waals surface area contributed by atoms with Crippen molar-refractivity contribution in [1.29, 1.82) is 0 Å². The van der Waals surface area contributed by atoms with Crippen molar-refractivity contribution in [2.45, 2.75) is 13.3 Å². The van der Waals surface area contributed by atoms with Crippen molar-refractivity contribution in [2.75, 3.05) is 13.7 Å². The molecule has 0 aliphatic rings. The molecule has 29 heavy (non-hydrogen) atoms. The zero-order valence-corrected chi connectivity index (χ0v) is 16.0. The van der Waals surface area contributed by atoms with Crippen molar-refractivity contribution in [2.24, 2.45) is 10.2 Å². The van der Waals surface area contributed by atoms with E-state index in [4.69, 9.17) is 9.47 Å². The molecule has 0 amide bonds. The summed E-state index contributed by atoms with van der Waals surface area (Å²) in [6, 6.07) is 10.1. The first-order valence-electron chi connectivity index (χ1n) is 8.52. The van der Waals surface area contributed by atoms with Gasteiger partial charge in [-0.1, -0.05) is 6.58 Å². The molecule has 0 radical (unpaired) electrons. The second-order valence-electron chi connectivity index (χ2n) is 5.95. The number of nitro groups is 1. The predicted octanol–water partition coefficient (Wildman–Crippen LogP) is 4.71. The summed E-state index contributed by atoms with van der Waals surface area (Å²) < 4.78 is 10.3. The summed E-state index contributed by atoms with van der Waals surface area (Å²) in [6.45, 7) is 5.28. The van der Waals surface area contributed by atoms with E-state index in [0.29, 0.717) is 16.9 Å². The van der Waals surface area contributed by atoms with Crippen LogP contribution in [-0.2, 0) is 9.53 Å². The standard InChI is InChI=1S/C20H19N3O6/c1-13(2)18(24)10-11-29-19-9-6-15(12-17(19)20(25)28-3)22-21-14-4-7-16(8-5-14)23(26)27/h4-9,12H,1,10-11H2,2-3H3. The molecule has 0 spiro atoms. The summed E-state index contributed by atoms with van der Waals surface area (Å²) in [5.74, 6) is -0.502. The van der Waals surface area contributed by atoms with E-state index in [9.17, 15) is 19.7 Å². The number of nitro benzene ring substituents is 1. The van der Waals surface area contributed by atoms with Gasteiger partial charge in [-0.15, -0.1) is 0 Å². The maximum absolute atomic E-state index is 12.0. The molecule has 0 saturated heterocycles. The van der Waals surface area contributed by atoms with Gasteiger partial charge >= 0.3 is 5.97 Å². The minimum Gasteiger partial charge on any atom is -0.492 e. The largest absolute Gasteiger partial charge is 0.492 e. The highest BCUT2D eigenvalue weighted by Crippen LogP contribution is 2.27. The highest BCUT2D eigenvalue weighted by Gasteiger charge is 2.15. The number of rotatable bonds is 9. The Morgan fingerprint density at radius 2 is 1.72 bits per heavy atom. The van der Waals surface area contributed by atoms with E-state index in [0.717, 1.165) is 0 Å². The van der Waals surface area contributed by atoms with Gasteiger partial charge in [0.15, 0.2) is 5.78 Å². The molecule has 150 valence electrons. The number of allylic oxidation sites excluding steroid dienone is 1. The molecule has 0 atom stereocenters. The number of non-ortho nitro benzene ring substituents is 1. The molecular weight excluding hydrogens is 378 g/mol. The quantitative estimate of drug-likeness (QED) is 0.199. The molecule has 0 aliphatic carbocycles. The lowest BCUT2D eigenvalue weighted by Gasteiger charge is -2.10. The average Bonchev–Trinajstić information content (AvgIpc) is 2.72. The Hall–Kier alpha value is -3.88. The fourth-order valence-electron chi connectivity index (χ4n) is 2.20. The number of hydrogen-bond acceptors (Lipinski definition) is 8. The Kier molecular flexibility index (Phi) is 7.30. The van der Waals surface area contributed by atoms with Crippen molar-refractivity contribution >= 4 is 28.8 Å². The van der Waals surface area contributed by atoms with Gasteiger partial charge in [0.05, 0.1) is 30.0 Å². The van der Waals surface area contributed by atoms with Crippen molar-refractivity contribution < 1.29 is 24.0 Å². The monoisotopic (exact) mass is 397 g/mol. The molecule has 9 heteroatoms. The van der Waals surface area contributed by atoms with Crippen LogP contribution in [0, 0.1) is 10.1 Å². The van der Waals surface area contributed by atoms with Gasteiger partial charge in [0.2, 0.25) is 0 Å². The van der Waals surface area contributed by atoms with Crippen molar-refractivity contribution in [3.05, 3.63) is 70.3 Å². The van der Waals surface area contributed by atoms with Gasteiger partial charge < -0.3 is 9.47 Å². The van der Waals surface area contributed by atoms with Crippen LogP contribution in [0.4, 0.5) is 17.1 Å². The fraction of sp³-hybridized carbons (Fsp3) is 0.200. The molecule has 0 unspecified atom stereocenters. The van der Waals surface area contributed by atoms with Gasteiger partial charge in [-0.25, -0.2) is 4.79 Å². The van der Waals surface area contributed by atoms with Gasteiger partial charge in [0.25, 0.3) is 5.69 Å². The molecule has 0 aliphatic heterocycles. The number of esters is 1.